The van der Waals surface area contributed by atoms with Crippen LogP contribution in [0.1, 0.15) is 19.4 Å². The molecule has 2 fully saturated rings. The number of hydrogen-bond donors (Lipinski definition) is 2. The number of ketones is 1. The third kappa shape index (κ3) is 2.86. The Bertz CT molecular complexity index is 947. The number of para-hydroxylation sites is 2. The molecule has 2 N–H and O–H groups in total. The lowest BCUT2D eigenvalue weighted by Crippen LogP contribution is -2.60. The molecule has 3 heterocycles. The van der Waals surface area contributed by atoms with Crippen LogP contribution in [0.15, 0.2) is 54.6 Å². The van der Waals surface area contributed by atoms with Gasteiger partial charge in [-0.15, -0.1) is 0 Å². The molecule has 2 aromatic carbocycles. The zero-order valence-corrected chi connectivity index (χ0v) is 16.7. The molecule has 2 saturated heterocycles. The Morgan fingerprint density at radius 2 is 1.76 bits per heavy atom. The van der Waals surface area contributed by atoms with Crippen molar-refractivity contribution in [2.45, 2.75) is 38.5 Å². The molecule has 5 rings (SSSR count). The van der Waals surface area contributed by atoms with E-state index in [1.807, 2.05) is 65.4 Å². The summed E-state index contributed by atoms with van der Waals surface area (Å²) in [6.07, 6.45) is 0.689. The predicted molar refractivity (Wildman–Crippen MR) is 112 cm³/mol. The van der Waals surface area contributed by atoms with Gasteiger partial charge in [-0.25, -0.2) is 5.43 Å². The number of nitrogens with zero attached hydrogens (tertiary/aromatic N) is 2. The Kier molecular flexibility index (Phi) is 4.41. The normalized spacial score (nSPS) is 31.0. The molecule has 29 heavy (non-hydrogen) atoms. The number of carbonyl (C=O) groups excluding carboxylic acids is 2. The van der Waals surface area contributed by atoms with Crippen LogP contribution >= 0.6 is 0 Å². The van der Waals surface area contributed by atoms with Gasteiger partial charge in [-0.2, -0.15) is 0 Å². The van der Waals surface area contributed by atoms with Crippen molar-refractivity contribution in [3.63, 3.8) is 0 Å². The topological polar surface area (TPSA) is 64.7 Å². The lowest BCUT2D eigenvalue weighted by Gasteiger charge is -2.37. The fourth-order valence-electron chi connectivity index (χ4n) is 5.11. The standard InChI is InChI=1S/C23H26N4O2/c1-14-12-16-8-6-7-11-19(16)26(14)23(29)18-13-24-22-20(21(18)28)15(2)25-27(22)17-9-4-3-5-10-17/h3-11,14-15,18,20,22,24-25H,12-13H2,1-2H3. The lowest BCUT2D eigenvalue weighted by molar-refractivity contribution is -0.137. The fraction of sp³-hybridized carbons (Fsp3) is 0.391. The van der Waals surface area contributed by atoms with Crippen molar-refractivity contribution in [1.82, 2.24) is 10.7 Å². The van der Waals surface area contributed by atoms with Crippen LogP contribution < -0.4 is 20.7 Å². The molecule has 0 radical (unpaired) electrons. The van der Waals surface area contributed by atoms with Crippen LogP contribution in [0.5, 0.6) is 0 Å². The van der Waals surface area contributed by atoms with Crippen molar-refractivity contribution in [3.8, 4) is 0 Å². The summed E-state index contributed by atoms with van der Waals surface area (Å²) in [6, 6.07) is 18.0. The second-order valence-electron chi connectivity index (χ2n) is 8.35. The maximum Gasteiger partial charge on any atom is 0.239 e. The first-order valence-electron chi connectivity index (χ1n) is 10.3. The van der Waals surface area contributed by atoms with Crippen molar-refractivity contribution in [2.24, 2.45) is 11.8 Å². The van der Waals surface area contributed by atoms with Gasteiger partial charge >= 0.3 is 0 Å². The molecule has 150 valence electrons. The summed E-state index contributed by atoms with van der Waals surface area (Å²) in [7, 11) is 0. The summed E-state index contributed by atoms with van der Waals surface area (Å²) >= 11 is 0. The molecule has 2 aromatic rings. The quantitative estimate of drug-likeness (QED) is 0.769. The summed E-state index contributed by atoms with van der Waals surface area (Å²) in [5.74, 6) is -0.964. The average Bonchev–Trinajstić information content (AvgIpc) is 3.25. The van der Waals surface area contributed by atoms with E-state index in [1.54, 1.807) is 0 Å². The molecule has 5 unspecified atom stereocenters. The van der Waals surface area contributed by atoms with Crippen LogP contribution in [0.4, 0.5) is 11.4 Å². The SMILES string of the molecule is CC1NN(c2ccccc2)C2NCC(C(=O)N3c4ccccc4CC3C)C(=O)C12. The van der Waals surface area contributed by atoms with Crippen LogP contribution in [0, 0.1) is 11.8 Å². The molecule has 0 aromatic heterocycles. The summed E-state index contributed by atoms with van der Waals surface area (Å²) in [5, 5.41) is 5.51. The molecule has 3 aliphatic heterocycles. The highest BCUT2D eigenvalue weighted by molar-refractivity contribution is 6.11. The van der Waals surface area contributed by atoms with E-state index in [4.69, 9.17) is 0 Å². The van der Waals surface area contributed by atoms with Crippen LogP contribution in [-0.4, -0.2) is 36.5 Å². The first-order chi connectivity index (χ1) is 14.1. The van der Waals surface area contributed by atoms with Crippen molar-refractivity contribution in [2.75, 3.05) is 16.5 Å². The van der Waals surface area contributed by atoms with E-state index in [0.717, 1.165) is 17.8 Å². The van der Waals surface area contributed by atoms with E-state index in [1.165, 1.54) is 5.56 Å². The number of piperidine rings is 1. The molecule has 6 nitrogen and oxygen atoms in total. The van der Waals surface area contributed by atoms with Gasteiger partial charge in [0.1, 0.15) is 12.1 Å². The van der Waals surface area contributed by atoms with Gasteiger partial charge in [0.25, 0.3) is 0 Å². The van der Waals surface area contributed by atoms with Crippen molar-refractivity contribution in [1.29, 1.82) is 0 Å². The van der Waals surface area contributed by atoms with Gasteiger partial charge < -0.3 is 4.90 Å². The third-order valence-electron chi connectivity index (χ3n) is 6.48. The monoisotopic (exact) mass is 390 g/mol. The molecule has 1 amide bonds. The minimum Gasteiger partial charge on any atom is -0.308 e. The number of nitrogens with one attached hydrogen (secondary N) is 2. The Balaban J connectivity index is 1.40. The number of hydrogen-bond acceptors (Lipinski definition) is 5. The maximum absolute atomic E-state index is 13.5. The first kappa shape index (κ1) is 18.3. The van der Waals surface area contributed by atoms with E-state index in [0.29, 0.717) is 6.54 Å². The molecular weight excluding hydrogens is 364 g/mol. The average molecular weight is 390 g/mol. The third-order valence-corrected chi connectivity index (χ3v) is 6.48. The Labute approximate surface area is 170 Å². The second kappa shape index (κ2) is 6.97. The summed E-state index contributed by atoms with van der Waals surface area (Å²) in [6.45, 7) is 4.43. The van der Waals surface area contributed by atoms with E-state index in [2.05, 4.69) is 23.7 Å². The van der Waals surface area contributed by atoms with Crippen LogP contribution in [0.3, 0.4) is 0 Å². The van der Waals surface area contributed by atoms with Gasteiger partial charge in [0.05, 0.1) is 11.6 Å². The number of Topliss-reactive ketones (excluding diaryl/α,β-unsaturated/α-hetero) is 1. The Morgan fingerprint density at radius 1 is 1.03 bits per heavy atom. The maximum atomic E-state index is 13.5. The molecule has 5 atom stereocenters. The summed E-state index contributed by atoms with van der Waals surface area (Å²) < 4.78 is 0. The van der Waals surface area contributed by atoms with Gasteiger partial charge in [0.15, 0.2) is 5.78 Å². The largest absolute Gasteiger partial charge is 0.308 e. The highest BCUT2D eigenvalue weighted by Gasteiger charge is 2.52. The smallest absolute Gasteiger partial charge is 0.239 e. The number of carbonyl (C=O) groups is 2. The van der Waals surface area contributed by atoms with E-state index in [9.17, 15) is 9.59 Å². The van der Waals surface area contributed by atoms with E-state index < -0.39 is 5.92 Å². The number of benzene rings is 2. The van der Waals surface area contributed by atoms with E-state index >= 15 is 0 Å². The Morgan fingerprint density at radius 3 is 2.55 bits per heavy atom. The molecule has 6 heteroatoms. The number of fused-ring (bicyclic) bond motifs is 2. The first-order valence-corrected chi connectivity index (χ1v) is 10.3. The summed E-state index contributed by atoms with van der Waals surface area (Å²) in [5.41, 5.74) is 6.56. The van der Waals surface area contributed by atoms with Crippen molar-refractivity contribution >= 4 is 23.1 Å². The zero-order valence-electron chi connectivity index (χ0n) is 16.7. The fourth-order valence-corrected chi connectivity index (χ4v) is 5.11. The highest BCUT2D eigenvalue weighted by atomic mass is 16.2. The number of hydrazine groups is 1. The van der Waals surface area contributed by atoms with Crippen molar-refractivity contribution in [3.05, 3.63) is 60.2 Å². The van der Waals surface area contributed by atoms with Crippen LogP contribution in [0.25, 0.3) is 0 Å². The molecule has 3 aliphatic rings. The van der Waals surface area contributed by atoms with Gasteiger partial charge in [-0.05, 0) is 44.0 Å². The predicted octanol–water partition coefficient (Wildman–Crippen LogP) is 2.11. The zero-order chi connectivity index (χ0) is 20.1. The molecule has 0 saturated carbocycles. The highest BCUT2D eigenvalue weighted by Crippen LogP contribution is 2.36. The molecule has 0 spiro atoms. The minimum absolute atomic E-state index is 0.0359. The van der Waals surface area contributed by atoms with Gasteiger partial charge in [0.2, 0.25) is 5.91 Å². The van der Waals surface area contributed by atoms with Gasteiger partial charge in [-0.3, -0.25) is 19.9 Å². The number of rotatable bonds is 2. The van der Waals surface area contributed by atoms with Gasteiger partial charge in [-0.1, -0.05) is 36.4 Å². The van der Waals surface area contributed by atoms with Crippen LogP contribution in [0.2, 0.25) is 0 Å². The minimum atomic E-state index is -0.648. The molecule has 0 aliphatic carbocycles. The van der Waals surface area contributed by atoms with Gasteiger partial charge in [0, 0.05) is 24.3 Å². The van der Waals surface area contributed by atoms with Crippen molar-refractivity contribution < 1.29 is 9.59 Å². The number of amides is 1. The summed E-state index contributed by atoms with van der Waals surface area (Å²) in [4.78, 5) is 28.8. The number of anilines is 2. The van der Waals surface area contributed by atoms with Crippen LogP contribution in [-0.2, 0) is 16.0 Å². The second-order valence-corrected chi connectivity index (χ2v) is 8.35. The molecule has 0 bridgehead atoms. The van der Waals surface area contributed by atoms with E-state index in [-0.39, 0.29) is 35.9 Å². The molecular formula is C23H26N4O2. The Hall–Kier alpha value is -2.70. The lowest BCUT2D eigenvalue weighted by atomic mass is 9.82.